The highest BCUT2D eigenvalue weighted by atomic mass is 16.5. The maximum absolute atomic E-state index is 10.2. The second-order valence-electron chi connectivity index (χ2n) is 9.11. The van der Waals surface area contributed by atoms with Crippen LogP contribution >= 0.6 is 0 Å². The number of likely N-dealkylation sites (N-methyl/N-ethyl adjacent to an activating group) is 1. The predicted molar refractivity (Wildman–Crippen MR) is 128 cm³/mol. The van der Waals surface area contributed by atoms with Crippen LogP contribution in [0.1, 0.15) is 11.5 Å². The topological polar surface area (TPSA) is 132 Å². The van der Waals surface area contributed by atoms with Crippen molar-refractivity contribution in [1.82, 2.24) is 9.80 Å². The monoisotopic (exact) mass is 474 g/mol. The van der Waals surface area contributed by atoms with Crippen molar-refractivity contribution < 1.29 is 14.2 Å². The number of fused-ring (bicyclic) bond motifs is 1. The molecule has 1 fully saturated rings. The first kappa shape index (κ1) is 24.6. The summed E-state index contributed by atoms with van der Waals surface area (Å²) < 4.78 is 17.0. The summed E-state index contributed by atoms with van der Waals surface area (Å²) in [5, 5.41) is 30.3. The third-order valence-electron chi connectivity index (χ3n) is 7.16. The van der Waals surface area contributed by atoms with E-state index in [1.165, 1.54) is 0 Å². The standard InChI is InChI=1S/C26H30N6O3/c1-31-6-5-19-20(14-27)25(30)26(16-28,17-29)24(21(19)15-31)18-3-4-22(23(13-18)33-2)35-12-9-32-7-10-34-11-8-32/h3-5,13,21,24H,6-12,15,30H2,1-2H3/t21-,24-/m1/s1. The van der Waals surface area contributed by atoms with Crippen LogP contribution in [0.15, 0.2) is 41.1 Å². The van der Waals surface area contributed by atoms with Crippen molar-refractivity contribution in [3.63, 3.8) is 0 Å². The molecule has 0 amide bonds. The molecule has 2 heterocycles. The van der Waals surface area contributed by atoms with Crippen LogP contribution in [0.25, 0.3) is 0 Å². The molecule has 3 aliphatic rings. The average molecular weight is 475 g/mol. The van der Waals surface area contributed by atoms with E-state index in [1.807, 2.05) is 31.3 Å². The number of nitriles is 3. The van der Waals surface area contributed by atoms with Crippen molar-refractivity contribution in [3.05, 3.63) is 46.7 Å². The van der Waals surface area contributed by atoms with Gasteiger partial charge < -0.3 is 24.8 Å². The largest absolute Gasteiger partial charge is 0.493 e. The van der Waals surface area contributed by atoms with Crippen molar-refractivity contribution in [1.29, 1.82) is 15.8 Å². The zero-order valence-corrected chi connectivity index (χ0v) is 20.2. The van der Waals surface area contributed by atoms with Crippen LogP contribution < -0.4 is 15.2 Å². The van der Waals surface area contributed by atoms with Crippen molar-refractivity contribution >= 4 is 0 Å². The number of hydrogen-bond acceptors (Lipinski definition) is 9. The highest BCUT2D eigenvalue weighted by molar-refractivity contribution is 5.60. The number of rotatable bonds is 6. The summed E-state index contributed by atoms with van der Waals surface area (Å²) in [6.45, 7) is 5.79. The van der Waals surface area contributed by atoms with E-state index in [-0.39, 0.29) is 17.2 Å². The molecule has 1 aromatic carbocycles. The Balaban J connectivity index is 1.69. The Hall–Kier alpha value is -3.55. The summed E-state index contributed by atoms with van der Waals surface area (Å²) in [5.41, 5.74) is 6.53. The van der Waals surface area contributed by atoms with E-state index in [0.29, 0.717) is 31.2 Å². The second kappa shape index (κ2) is 10.4. The molecule has 1 aliphatic carbocycles. The molecule has 182 valence electrons. The zero-order chi connectivity index (χ0) is 25.0. The second-order valence-corrected chi connectivity index (χ2v) is 9.11. The number of methoxy groups -OCH3 is 1. The smallest absolute Gasteiger partial charge is 0.191 e. The lowest BCUT2D eigenvalue weighted by molar-refractivity contribution is 0.0321. The Morgan fingerprint density at radius 1 is 1.17 bits per heavy atom. The Labute approximate surface area is 206 Å². The number of allylic oxidation sites excluding steroid dienone is 2. The molecular formula is C26H30N6O3. The normalized spacial score (nSPS) is 24.4. The van der Waals surface area contributed by atoms with E-state index >= 15 is 0 Å². The third-order valence-corrected chi connectivity index (χ3v) is 7.16. The molecule has 2 atom stereocenters. The minimum Gasteiger partial charge on any atom is -0.493 e. The van der Waals surface area contributed by atoms with Gasteiger partial charge in [0.25, 0.3) is 0 Å². The minimum absolute atomic E-state index is 0.0202. The highest BCUT2D eigenvalue weighted by Gasteiger charge is 2.54. The lowest BCUT2D eigenvalue weighted by Gasteiger charge is -2.45. The van der Waals surface area contributed by atoms with Gasteiger partial charge in [-0.3, -0.25) is 4.90 Å². The molecule has 1 aromatic rings. The van der Waals surface area contributed by atoms with Gasteiger partial charge in [0.2, 0.25) is 0 Å². The Bertz CT molecular complexity index is 1140. The van der Waals surface area contributed by atoms with Gasteiger partial charge in [0.05, 0.1) is 43.7 Å². The van der Waals surface area contributed by atoms with Crippen LogP contribution in [0.3, 0.4) is 0 Å². The van der Waals surface area contributed by atoms with Crippen LogP contribution in [-0.2, 0) is 4.74 Å². The van der Waals surface area contributed by atoms with E-state index < -0.39 is 11.3 Å². The van der Waals surface area contributed by atoms with Crippen LogP contribution in [0.5, 0.6) is 11.5 Å². The van der Waals surface area contributed by atoms with E-state index in [2.05, 4.69) is 28.0 Å². The molecule has 1 saturated heterocycles. The van der Waals surface area contributed by atoms with E-state index in [0.717, 1.165) is 44.0 Å². The predicted octanol–water partition coefficient (Wildman–Crippen LogP) is 1.76. The number of benzene rings is 1. The molecule has 2 aliphatic heterocycles. The summed E-state index contributed by atoms with van der Waals surface area (Å²) in [6.07, 6.45) is 1.98. The SMILES string of the molecule is COc1cc([C@@H]2[C@@H]3CN(C)CC=C3C(C#N)=C(N)C2(C#N)C#N)ccc1OCCN1CCOCC1. The van der Waals surface area contributed by atoms with Crippen molar-refractivity contribution in [2.75, 3.05) is 66.7 Å². The Morgan fingerprint density at radius 3 is 2.57 bits per heavy atom. The van der Waals surface area contributed by atoms with Crippen molar-refractivity contribution in [2.24, 2.45) is 17.1 Å². The Kier molecular flexibility index (Phi) is 7.28. The van der Waals surface area contributed by atoms with Gasteiger partial charge in [-0.05, 0) is 30.3 Å². The first-order valence-corrected chi connectivity index (χ1v) is 11.7. The van der Waals surface area contributed by atoms with Crippen LogP contribution in [0, 0.1) is 45.3 Å². The van der Waals surface area contributed by atoms with E-state index in [4.69, 9.17) is 19.9 Å². The molecule has 4 rings (SSSR count). The summed E-state index contributed by atoms with van der Waals surface area (Å²) in [6, 6.07) is 12.0. The summed E-state index contributed by atoms with van der Waals surface area (Å²) in [4.78, 5) is 4.40. The number of ether oxygens (including phenoxy) is 3. The van der Waals surface area contributed by atoms with Gasteiger partial charge in [-0.25, -0.2) is 0 Å². The molecular weight excluding hydrogens is 444 g/mol. The van der Waals surface area contributed by atoms with Gasteiger partial charge in [-0.1, -0.05) is 12.1 Å². The van der Waals surface area contributed by atoms with Crippen LogP contribution in [0.4, 0.5) is 0 Å². The minimum atomic E-state index is -1.67. The van der Waals surface area contributed by atoms with Gasteiger partial charge in [0, 0.05) is 44.6 Å². The summed E-state index contributed by atoms with van der Waals surface area (Å²) >= 11 is 0. The quantitative estimate of drug-likeness (QED) is 0.655. The first-order valence-electron chi connectivity index (χ1n) is 11.7. The lowest BCUT2D eigenvalue weighted by atomic mass is 9.58. The van der Waals surface area contributed by atoms with Crippen molar-refractivity contribution in [2.45, 2.75) is 5.92 Å². The molecule has 9 nitrogen and oxygen atoms in total. The highest BCUT2D eigenvalue weighted by Crippen LogP contribution is 2.54. The zero-order valence-electron chi connectivity index (χ0n) is 20.2. The molecule has 0 spiro atoms. The maximum atomic E-state index is 10.2. The molecule has 0 saturated carbocycles. The fourth-order valence-electron chi connectivity index (χ4n) is 5.31. The first-order chi connectivity index (χ1) is 17.0. The van der Waals surface area contributed by atoms with Gasteiger partial charge in [0.15, 0.2) is 16.9 Å². The van der Waals surface area contributed by atoms with Crippen LogP contribution in [0.2, 0.25) is 0 Å². The number of morpholine rings is 1. The molecule has 0 radical (unpaired) electrons. The molecule has 35 heavy (non-hydrogen) atoms. The van der Waals surface area contributed by atoms with Crippen LogP contribution in [-0.4, -0.2) is 76.5 Å². The number of hydrogen-bond donors (Lipinski definition) is 1. The molecule has 9 heteroatoms. The van der Waals surface area contributed by atoms with Gasteiger partial charge >= 0.3 is 0 Å². The average Bonchev–Trinajstić information content (AvgIpc) is 2.89. The third kappa shape index (κ3) is 4.45. The fourth-order valence-corrected chi connectivity index (χ4v) is 5.31. The van der Waals surface area contributed by atoms with E-state index in [9.17, 15) is 15.8 Å². The summed E-state index contributed by atoms with van der Waals surface area (Å²) in [5.74, 6) is 0.308. The van der Waals surface area contributed by atoms with Gasteiger partial charge in [-0.2, -0.15) is 15.8 Å². The molecule has 0 unspecified atom stereocenters. The number of nitrogens with two attached hydrogens (primary N) is 1. The van der Waals surface area contributed by atoms with E-state index in [1.54, 1.807) is 7.11 Å². The number of nitrogens with zero attached hydrogens (tertiary/aromatic N) is 5. The van der Waals surface area contributed by atoms with Gasteiger partial charge in [-0.15, -0.1) is 0 Å². The molecule has 0 aromatic heterocycles. The summed E-state index contributed by atoms with van der Waals surface area (Å²) in [7, 11) is 3.54. The Morgan fingerprint density at radius 2 is 1.91 bits per heavy atom. The van der Waals surface area contributed by atoms with Crippen molar-refractivity contribution in [3.8, 4) is 29.7 Å². The molecule has 2 N–H and O–H groups in total. The maximum Gasteiger partial charge on any atom is 0.191 e. The lowest BCUT2D eigenvalue weighted by Crippen LogP contribution is -2.47. The molecule has 0 bridgehead atoms. The fraction of sp³-hybridized carbons (Fsp3) is 0.500. The van der Waals surface area contributed by atoms with Gasteiger partial charge in [0.1, 0.15) is 12.7 Å².